The molecule has 4 aromatic rings. The lowest BCUT2D eigenvalue weighted by atomic mass is 9.99. The van der Waals surface area contributed by atoms with Gasteiger partial charge in [-0.3, -0.25) is 24.4 Å². The number of nitrogen functional groups attached to an aromatic ring is 1. The van der Waals surface area contributed by atoms with E-state index in [1.807, 2.05) is 4.90 Å². The first-order valence-corrected chi connectivity index (χ1v) is 12.4. The number of aromatic nitrogens is 4. The number of halogens is 1. The monoisotopic (exact) mass is 535 g/mol. The SMILES string of the molecule is CC1CCN(C(=O)c2csc3c(=O)[nH]c(Nc4sc5c(=O)[nH]c(N)nc5c4Br)nc23)CC1. The number of thiophene rings is 2. The normalized spacial score (nSPS) is 15.0. The molecule has 166 valence electrons. The number of H-pyrrole nitrogens is 2. The minimum absolute atomic E-state index is 0.00837. The summed E-state index contributed by atoms with van der Waals surface area (Å²) in [7, 11) is 0. The zero-order valence-electron chi connectivity index (χ0n) is 16.8. The Balaban J connectivity index is 1.53. The van der Waals surface area contributed by atoms with Gasteiger partial charge in [0.1, 0.15) is 25.4 Å². The van der Waals surface area contributed by atoms with Gasteiger partial charge in [-0.05, 0) is 34.7 Å². The number of amides is 1. The molecule has 1 amide bonds. The van der Waals surface area contributed by atoms with E-state index in [4.69, 9.17) is 5.73 Å². The van der Waals surface area contributed by atoms with Crippen molar-refractivity contribution in [2.24, 2.45) is 5.92 Å². The summed E-state index contributed by atoms with van der Waals surface area (Å²) >= 11 is 5.78. The van der Waals surface area contributed by atoms with Crippen LogP contribution in [-0.4, -0.2) is 43.8 Å². The number of nitrogens with two attached hydrogens (primary N) is 1. The number of piperidine rings is 1. The quantitative estimate of drug-likeness (QED) is 0.314. The average Bonchev–Trinajstić information content (AvgIpc) is 3.31. The van der Waals surface area contributed by atoms with Crippen molar-refractivity contribution < 1.29 is 4.79 Å². The molecule has 1 aliphatic heterocycles. The highest BCUT2D eigenvalue weighted by Gasteiger charge is 2.25. The van der Waals surface area contributed by atoms with E-state index >= 15 is 0 Å². The van der Waals surface area contributed by atoms with Crippen LogP contribution in [0.3, 0.4) is 0 Å². The van der Waals surface area contributed by atoms with E-state index < -0.39 is 0 Å². The maximum absolute atomic E-state index is 13.1. The van der Waals surface area contributed by atoms with Crippen LogP contribution in [0.1, 0.15) is 30.1 Å². The fourth-order valence-electron chi connectivity index (χ4n) is 3.69. The minimum atomic E-state index is -0.357. The summed E-state index contributed by atoms with van der Waals surface area (Å²) in [5.74, 6) is 0.668. The van der Waals surface area contributed by atoms with Crippen molar-refractivity contribution in [3.05, 3.63) is 36.1 Å². The van der Waals surface area contributed by atoms with Crippen molar-refractivity contribution in [3.63, 3.8) is 0 Å². The van der Waals surface area contributed by atoms with Gasteiger partial charge in [0, 0.05) is 18.5 Å². The molecular formula is C19H18BrN7O3S2. The molecule has 13 heteroatoms. The van der Waals surface area contributed by atoms with Crippen molar-refractivity contribution in [1.29, 1.82) is 0 Å². The summed E-state index contributed by atoms with van der Waals surface area (Å²) in [5.41, 5.74) is 6.14. The zero-order chi connectivity index (χ0) is 22.6. The van der Waals surface area contributed by atoms with E-state index in [0.29, 0.717) is 54.5 Å². The van der Waals surface area contributed by atoms with Gasteiger partial charge in [0.2, 0.25) is 11.9 Å². The molecule has 0 aromatic carbocycles. The largest absolute Gasteiger partial charge is 0.369 e. The molecule has 0 bridgehead atoms. The number of aromatic amines is 2. The van der Waals surface area contributed by atoms with Gasteiger partial charge in [0.25, 0.3) is 17.0 Å². The van der Waals surface area contributed by atoms with Crippen LogP contribution in [0, 0.1) is 5.92 Å². The molecule has 4 aromatic heterocycles. The van der Waals surface area contributed by atoms with Crippen LogP contribution in [0.4, 0.5) is 16.9 Å². The van der Waals surface area contributed by atoms with Crippen LogP contribution in [0.25, 0.3) is 20.4 Å². The second-order valence-electron chi connectivity index (χ2n) is 7.72. The number of likely N-dealkylation sites (tertiary alicyclic amines) is 1. The molecule has 5 heterocycles. The van der Waals surface area contributed by atoms with Crippen molar-refractivity contribution >= 4 is 81.8 Å². The summed E-state index contributed by atoms with van der Waals surface area (Å²) in [4.78, 5) is 53.6. The Morgan fingerprint density at radius 2 is 1.91 bits per heavy atom. The molecule has 0 spiro atoms. The second-order valence-corrected chi connectivity index (χ2v) is 10.4. The first kappa shape index (κ1) is 21.1. The van der Waals surface area contributed by atoms with Crippen LogP contribution in [0.15, 0.2) is 19.4 Å². The number of carbonyl (C=O) groups is 1. The predicted octanol–water partition coefficient (Wildman–Crippen LogP) is 3.24. The van der Waals surface area contributed by atoms with Gasteiger partial charge in [-0.25, -0.2) is 9.97 Å². The minimum Gasteiger partial charge on any atom is -0.369 e. The van der Waals surface area contributed by atoms with Gasteiger partial charge in [0.15, 0.2) is 0 Å². The number of hydrogen-bond donors (Lipinski definition) is 4. The predicted molar refractivity (Wildman–Crippen MR) is 130 cm³/mol. The van der Waals surface area contributed by atoms with E-state index in [2.05, 4.69) is 48.1 Å². The van der Waals surface area contributed by atoms with Gasteiger partial charge in [-0.1, -0.05) is 6.92 Å². The van der Waals surface area contributed by atoms with Gasteiger partial charge in [-0.15, -0.1) is 22.7 Å². The molecule has 5 rings (SSSR count). The van der Waals surface area contributed by atoms with Gasteiger partial charge in [-0.2, -0.15) is 0 Å². The van der Waals surface area contributed by atoms with Crippen LogP contribution in [0.5, 0.6) is 0 Å². The number of anilines is 3. The van der Waals surface area contributed by atoms with Crippen molar-refractivity contribution in [3.8, 4) is 0 Å². The number of nitrogens with one attached hydrogen (secondary N) is 3. The Bertz CT molecular complexity index is 1480. The first-order chi connectivity index (χ1) is 15.3. The number of carbonyl (C=O) groups excluding carboxylic acids is 1. The van der Waals surface area contributed by atoms with Crippen molar-refractivity contribution in [2.45, 2.75) is 19.8 Å². The van der Waals surface area contributed by atoms with E-state index in [1.54, 1.807) is 5.38 Å². The topological polar surface area (TPSA) is 150 Å². The van der Waals surface area contributed by atoms with Crippen LogP contribution >= 0.6 is 38.6 Å². The number of rotatable bonds is 3. The molecular weight excluding hydrogens is 518 g/mol. The Hall–Kier alpha value is -2.77. The Kier molecular flexibility index (Phi) is 5.26. The van der Waals surface area contributed by atoms with E-state index in [-0.39, 0.29) is 28.9 Å². The van der Waals surface area contributed by atoms with E-state index in [1.165, 1.54) is 11.3 Å². The molecule has 0 unspecified atom stereocenters. The molecule has 0 radical (unpaired) electrons. The molecule has 1 fully saturated rings. The van der Waals surface area contributed by atoms with E-state index in [9.17, 15) is 14.4 Å². The summed E-state index contributed by atoms with van der Waals surface area (Å²) in [6.45, 7) is 3.58. The molecule has 0 saturated carbocycles. The third-order valence-corrected chi connectivity index (χ3v) is 8.56. The molecule has 10 nitrogen and oxygen atoms in total. The lowest BCUT2D eigenvalue weighted by molar-refractivity contribution is 0.0699. The van der Waals surface area contributed by atoms with Crippen LogP contribution in [0.2, 0.25) is 0 Å². The fraction of sp³-hybridized carbons (Fsp3) is 0.316. The third-order valence-electron chi connectivity index (χ3n) is 5.47. The summed E-state index contributed by atoms with van der Waals surface area (Å²) in [6.07, 6.45) is 1.93. The first-order valence-electron chi connectivity index (χ1n) is 9.87. The molecule has 5 N–H and O–H groups in total. The van der Waals surface area contributed by atoms with Crippen molar-refractivity contribution in [1.82, 2.24) is 24.8 Å². The van der Waals surface area contributed by atoms with Gasteiger partial charge in [0.05, 0.1) is 10.0 Å². The third kappa shape index (κ3) is 3.59. The molecule has 32 heavy (non-hydrogen) atoms. The lowest BCUT2D eigenvalue weighted by Gasteiger charge is -2.30. The maximum atomic E-state index is 13.1. The van der Waals surface area contributed by atoms with Gasteiger partial charge < -0.3 is 16.0 Å². The number of fused-ring (bicyclic) bond motifs is 2. The highest BCUT2D eigenvalue weighted by molar-refractivity contribution is 9.10. The highest BCUT2D eigenvalue weighted by atomic mass is 79.9. The lowest BCUT2D eigenvalue weighted by Crippen LogP contribution is -2.37. The second kappa shape index (κ2) is 7.98. The molecule has 1 aliphatic rings. The van der Waals surface area contributed by atoms with Crippen LogP contribution in [-0.2, 0) is 0 Å². The molecule has 1 saturated heterocycles. The molecule has 0 aliphatic carbocycles. The standard InChI is InChI=1S/C19H18BrN7O3S2/c1-7-2-4-27(5-3-7)17(30)8-6-31-12-10(8)23-19(25-14(12)28)26-16-9(20)11-13(32-16)15(29)24-18(21)22-11/h6-7H,2-5H2,1H3,(H3,21,22,24,29)(H2,23,25,26,28). The Labute approximate surface area is 197 Å². The summed E-state index contributed by atoms with van der Waals surface area (Å²) in [5, 5.41) is 5.25. The summed E-state index contributed by atoms with van der Waals surface area (Å²) < 4.78 is 1.30. The van der Waals surface area contributed by atoms with Crippen LogP contribution < -0.4 is 22.2 Å². The van der Waals surface area contributed by atoms with Crippen molar-refractivity contribution in [2.75, 3.05) is 24.1 Å². The summed E-state index contributed by atoms with van der Waals surface area (Å²) in [6, 6.07) is 0. The number of hydrogen-bond acceptors (Lipinski definition) is 9. The fourth-order valence-corrected chi connectivity index (χ4v) is 6.25. The Morgan fingerprint density at radius 3 is 2.66 bits per heavy atom. The average molecular weight is 536 g/mol. The zero-order valence-corrected chi connectivity index (χ0v) is 20.0. The smallest absolute Gasteiger partial charge is 0.270 e. The van der Waals surface area contributed by atoms with Gasteiger partial charge >= 0.3 is 0 Å². The maximum Gasteiger partial charge on any atom is 0.270 e. The Morgan fingerprint density at radius 1 is 1.19 bits per heavy atom. The molecule has 0 atom stereocenters. The van der Waals surface area contributed by atoms with E-state index in [0.717, 1.165) is 24.2 Å². The number of nitrogens with zero attached hydrogens (tertiary/aromatic N) is 3. The highest BCUT2D eigenvalue weighted by Crippen LogP contribution is 2.38.